The lowest BCUT2D eigenvalue weighted by Gasteiger charge is -2.15. The van der Waals surface area contributed by atoms with Crippen LogP contribution in [0.25, 0.3) is 5.57 Å². The summed E-state index contributed by atoms with van der Waals surface area (Å²) >= 11 is 0. The SMILES string of the molecule is O=C1CC(C(=O)O)=c2c(nc(N3CCCC3)[nH]c2=O)=N1. The van der Waals surface area contributed by atoms with Crippen LogP contribution in [0.4, 0.5) is 5.95 Å². The summed E-state index contributed by atoms with van der Waals surface area (Å²) in [5.41, 5.74) is -0.906. The van der Waals surface area contributed by atoms with Gasteiger partial charge in [-0.3, -0.25) is 14.6 Å². The lowest BCUT2D eigenvalue weighted by molar-refractivity contribution is -0.131. The van der Waals surface area contributed by atoms with Crippen LogP contribution in [0.1, 0.15) is 19.3 Å². The van der Waals surface area contributed by atoms with Crippen molar-refractivity contribution >= 4 is 23.4 Å². The van der Waals surface area contributed by atoms with Crippen molar-refractivity contribution in [3.8, 4) is 0 Å². The molecule has 1 aromatic heterocycles. The smallest absolute Gasteiger partial charge is 0.333 e. The molecule has 2 N–H and O–H groups in total. The van der Waals surface area contributed by atoms with Gasteiger partial charge >= 0.3 is 5.97 Å². The lowest BCUT2D eigenvalue weighted by Crippen LogP contribution is -2.49. The summed E-state index contributed by atoms with van der Waals surface area (Å²) < 4.78 is 0. The van der Waals surface area contributed by atoms with Crippen molar-refractivity contribution in [2.45, 2.75) is 19.3 Å². The van der Waals surface area contributed by atoms with E-state index in [4.69, 9.17) is 5.11 Å². The van der Waals surface area contributed by atoms with Crippen LogP contribution in [0.2, 0.25) is 0 Å². The number of aliphatic carboxylic acids is 1. The largest absolute Gasteiger partial charge is 0.478 e. The molecular weight excluding hydrogens is 264 g/mol. The van der Waals surface area contributed by atoms with Crippen LogP contribution in [0, 0.1) is 0 Å². The normalized spacial score (nSPS) is 17.9. The number of amides is 1. The first-order chi connectivity index (χ1) is 9.56. The second kappa shape index (κ2) is 4.55. The zero-order valence-corrected chi connectivity index (χ0v) is 10.5. The van der Waals surface area contributed by atoms with Crippen LogP contribution in [0.15, 0.2) is 9.79 Å². The average Bonchev–Trinajstić information content (AvgIpc) is 2.90. The lowest BCUT2D eigenvalue weighted by atomic mass is 10.1. The molecule has 1 amide bonds. The Bertz CT molecular complexity index is 774. The quantitative estimate of drug-likeness (QED) is 0.655. The highest BCUT2D eigenvalue weighted by atomic mass is 16.4. The van der Waals surface area contributed by atoms with E-state index in [1.165, 1.54) is 0 Å². The third-order valence-corrected chi connectivity index (χ3v) is 3.41. The molecule has 3 heterocycles. The fourth-order valence-electron chi connectivity index (χ4n) is 2.46. The molecule has 2 aliphatic rings. The van der Waals surface area contributed by atoms with Crippen LogP contribution in [0.5, 0.6) is 0 Å². The molecule has 0 atom stereocenters. The maximum atomic E-state index is 12.1. The summed E-state index contributed by atoms with van der Waals surface area (Å²) in [6.07, 6.45) is 1.63. The standard InChI is InChI=1S/C12H12N4O4/c17-7-5-6(11(19)20)8-9(13-7)14-12(15-10(8)18)16-3-1-2-4-16/h1-5H2,(H,19,20)(H,13,14,15,17,18). The molecule has 20 heavy (non-hydrogen) atoms. The summed E-state index contributed by atoms with van der Waals surface area (Å²) in [5.74, 6) is -1.55. The molecule has 2 aliphatic heterocycles. The molecule has 104 valence electrons. The number of nitrogens with one attached hydrogen (secondary N) is 1. The number of hydrogen-bond acceptors (Lipinski definition) is 5. The van der Waals surface area contributed by atoms with Crippen LogP contribution < -0.4 is 21.2 Å². The van der Waals surface area contributed by atoms with Gasteiger partial charge < -0.3 is 10.0 Å². The van der Waals surface area contributed by atoms with Gasteiger partial charge in [0.25, 0.3) is 11.5 Å². The Labute approximate surface area is 112 Å². The molecule has 1 saturated heterocycles. The van der Waals surface area contributed by atoms with Gasteiger partial charge in [-0.15, -0.1) is 0 Å². The number of nitrogens with zero attached hydrogens (tertiary/aromatic N) is 3. The Balaban J connectivity index is 2.28. The number of H-pyrrole nitrogens is 1. The first-order valence-electron chi connectivity index (χ1n) is 6.29. The number of fused-ring (bicyclic) bond motifs is 1. The molecule has 8 heteroatoms. The zero-order valence-electron chi connectivity index (χ0n) is 10.5. The van der Waals surface area contributed by atoms with Crippen molar-refractivity contribution in [2.75, 3.05) is 18.0 Å². The first kappa shape index (κ1) is 12.5. The van der Waals surface area contributed by atoms with E-state index in [9.17, 15) is 14.4 Å². The third-order valence-electron chi connectivity index (χ3n) is 3.41. The Morgan fingerprint density at radius 2 is 1.95 bits per heavy atom. The van der Waals surface area contributed by atoms with E-state index in [0.29, 0.717) is 5.95 Å². The van der Waals surface area contributed by atoms with Crippen LogP contribution >= 0.6 is 0 Å². The van der Waals surface area contributed by atoms with Gasteiger partial charge in [-0.05, 0) is 12.8 Å². The van der Waals surface area contributed by atoms with E-state index in [0.717, 1.165) is 25.9 Å². The van der Waals surface area contributed by atoms with E-state index in [2.05, 4.69) is 15.0 Å². The number of carbonyl (C=O) groups excluding carboxylic acids is 1. The van der Waals surface area contributed by atoms with Crippen LogP contribution in [0.3, 0.4) is 0 Å². The Kier molecular flexibility index (Phi) is 2.85. The van der Waals surface area contributed by atoms with Gasteiger partial charge in [-0.2, -0.15) is 9.98 Å². The molecule has 0 radical (unpaired) electrons. The molecule has 0 saturated carbocycles. The third kappa shape index (κ3) is 1.98. The highest BCUT2D eigenvalue weighted by Crippen LogP contribution is 2.12. The first-order valence-corrected chi connectivity index (χ1v) is 6.29. The second-order valence-electron chi connectivity index (χ2n) is 4.75. The molecule has 0 unspecified atom stereocenters. The van der Waals surface area contributed by atoms with E-state index in [-0.39, 0.29) is 22.7 Å². The van der Waals surface area contributed by atoms with Crippen molar-refractivity contribution in [2.24, 2.45) is 4.99 Å². The molecule has 1 aromatic rings. The number of carbonyl (C=O) groups is 2. The fourth-order valence-corrected chi connectivity index (χ4v) is 2.46. The number of carboxylic acids is 1. The van der Waals surface area contributed by atoms with Gasteiger partial charge in [0, 0.05) is 13.1 Å². The van der Waals surface area contributed by atoms with Crippen LogP contribution in [-0.2, 0) is 9.59 Å². The van der Waals surface area contributed by atoms with E-state index < -0.39 is 17.4 Å². The minimum absolute atomic E-state index is 0.0932. The van der Waals surface area contributed by atoms with Crippen molar-refractivity contribution in [1.82, 2.24) is 9.97 Å². The van der Waals surface area contributed by atoms with Gasteiger partial charge in [0.1, 0.15) is 0 Å². The minimum Gasteiger partial charge on any atom is -0.478 e. The Morgan fingerprint density at radius 3 is 2.60 bits per heavy atom. The minimum atomic E-state index is -1.30. The van der Waals surface area contributed by atoms with Gasteiger partial charge in [-0.25, -0.2) is 4.79 Å². The molecule has 1 fully saturated rings. The summed E-state index contributed by atoms with van der Waals surface area (Å²) in [7, 11) is 0. The molecule has 3 rings (SSSR count). The summed E-state index contributed by atoms with van der Waals surface area (Å²) in [4.78, 5) is 47.0. The van der Waals surface area contributed by atoms with E-state index in [1.807, 2.05) is 4.90 Å². The fraction of sp³-hybridized carbons (Fsp3) is 0.417. The molecule has 0 aliphatic carbocycles. The predicted molar refractivity (Wildman–Crippen MR) is 67.8 cm³/mol. The summed E-state index contributed by atoms with van der Waals surface area (Å²) in [6, 6.07) is 0. The number of aromatic amines is 1. The van der Waals surface area contributed by atoms with E-state index >= 15 is 0 Å². The Morgan fingerprint density at radius 1 is 1.25 bits per heavy atom. The van der Waals surface area contributed by atoms with Gasteiger partial charge in [-0.1, -0.05) is 0 Å². The highest BCUT2D eigenvalue weighted by Gasteiger charge is 2.23. The zero-order chi connectivity index (χ0) is 14.3. The van der Waals surface area contributed by atoms with Gasteiger partial charge in [0.05, 0.1) is 17.2 Å². The van der Waals surface area contributed by atoms with Crippen LogP contribution in [-0.4, -0.2) is 40.0 Å². The molecule has 0 spiro atoms. The maximum Gasteiger partial charge on any atom is 0.333 e. The monoisotopic (exact) mass is 276 g/mol. The molecule has 8 nitrogen and oxygen atoms in total. The number of rotatable bonds is 2. The van der Waals surface area contributed by atoms with Crippen molar-refractivity contribution in [3.05, 3.63) is 21.1 Å². The molecular formula is C12H12N4O4. The van der Waals surface area contributed by atoms with Crippen molar-refractivity contribution < 1.29 is 14.7 Å². The predicted octanol–water partition coefficient (Wildman–Crippen LogP) is -1.84. The number of anilines is 1. The Hall–Kier alpha value is -2.51. The number of aromatic nitrogens is 2. The number of carboxylic acid groups (broad SMARTS) is 1. The topological polar surface area (TPSA) is 116 Å². The van der Waals surface area contributed by atoms with Gasteiger partial charge in [0.2, 0.25) is 5.95 Å². The molecule has 0 bridgehead atoms. The molecule has 0 aromatic carbocycles. The van der Waals surface area contributed by atoms with Crippen molar-refractivity contribution in [1.29, 1.82) is 0 Å². The van der Waals surface area contributed by atoms with Crippen molar-refractivity contribution in [3.63, 3.8) is 0 Å². The number of hydrogen-bond donors (Lipinski definition) is 2. The maximum absolute atomic E-state index is 12.1. The summed E-state index contributed by atoms with van der Waals surface area (Å²) in [6.45, 7) is 1.54. The van der Waals surface area contributed by atoms with E-state index in [1.54, 1.807) is 0 Å². The van der Waals surface area contributed by atoms with Gasteiger partial charge in [0.15, 0.2) is 5.49 Å². The summed E-state index contributed by atoms with van der Waals surface area (Å²) in [5, 5.41) is 8.98. The average molecular weight is 276 g/mol. The highest BCUT2D eigenvalue weighted by molar-refractivity contribution is 6.13. The second-order valence-corrected chi connectivity index (χ2v) is 4.75.